The van der Waals surface area contributed by atoms with Crippen molar-refractivity contribution >= 4 is 17.4 Å². The first-order chi connectivity index (χ1) is 9.56. The topological polar surface area (TPSA) is 41.1 Å². The molecule has 1 aromatic heterocycles. The molecule has 1 N–H and O–H groups in total. The van der Waals surface area contributed by atoms with Crippen molar-refractivity contribution < 1.29 is 0 Å². The SMILES string of the molecule is CC(CNc1cc(Cl)nc(-c2ccccc2)n1)N(C)C. The number of nitrogens with one attached hydrogen (secondary N) is 1. The lowest BCUT2D eigenvalue weighted by Gasteiger charge is -2.20. The van der Waals surface area contributed by atoms with Crippen molar-refractivity contribution in [3.63, 3.8) is 0 Å². The van der Waals surface area contributed by atoms with Gasteiger partial charge in [0, 0.05) is 24.2 Å². The largest absolute Gasteiger partial charge is 0.368 e. The summed E-state index contributed by atoms with van der Waals surface area (Å²) in [7, 11) is 4.10. The van der Waals surface area contributed by atoms with Crippen LogP contribution >= 0.6 is 11.6 Å². The maximum Gasteiger partial charge on any atom is 0.163 e. The van der Waals surface area contributed by atoms with E-state index in [9.17, 15) is 0 Å². The van der Waals surface area contributed by atoms with Crippen LogP contribution in [0.5, 0.6) is 0 Å². The number of hydrogen-bond acceptors (Lipinski definition) is 4. The van der Waals surface area contributed by atoms with E-state index < -0.39 is 0 Å². The van der Waals surface area contributed by atoms with Gasteiger partial charge >= 0.3 is 0 Å². The zero-order valence-corrected chi connectivity index (χ0v) is 12.7. The fraction of sp³-hybridized carbons (Fsp3) is 0.333. The summed E-state index contributed by atoms with van der Waals surface area (Å²) in [5, 5.41) is 3.74. The summed E-state index contributed by atoms with van der Waals surface area (Å²) in [4.78, 5) is 10.9. The summed E-state index contributed by atoms with van der Waals surface area (Å²) in [5.74, 6) is 1.38. The number of rotatable bonds is 5. The second-order valence-electron chi connectivity index (χ2n) is 4.96. The molecule has 0 aliphatic carbocycles. The molecule has 106 valence electrons. The zero-order valence-electron chi connectivity index (χ0n) is 12.0. The Hall–Kier alpha value is -1.65. The summed E-state index contributed by atoms with van der Waals surface area (Å²) in [6.07, 6.45) is 0. The normalized spacial score (nSPS) is 12.4. The Morgan fingerprint density at radius 1 is 1.20 bits per heavy atom. The molecule has 4 nitrogen and oxygen atoms in total. The van der Waals surface area contributed by atoms with Gasteiger partial charge in [0.1, 0.15) is 11.0 Å². The van der Waals surface area contributed by atoms with E-state index in [1.807, 2.05) is 30.3 Å². The van der Waals surface area contributed by atoms with Crippen molar-refractivity contribution in [3.05, 3.63) is 41.6 Å². The van der Waals surface area contributed by atoms with Gasteiger partial charge in [0.2, 0.25) is 0 Å². The van der Waals surface area contributed by atoms with Crippen LogP contribution in [0.25, 0.3) is 11.4 Å². The molecule has 0 saturated carbocycles. The summed E-state index contributed by atoms with van der Waals surface area (Å²) in [6, 6.07) is 12.0. The standard InChI is InChI=1S/C15H19ClN4/c1-11(20(2)3)10-17-14-9-13(16)18-15(19-14)12-7-5-4-6-8-12/h4-9,11H,10H2,1-3H3,(H,17,18,19). The predicted molar refractivity (Wildman–Crippen MR) is 84.1 cm³/mol. The predicted octanol–water partition coefficient (Wildman–Crippen LogP) is 3.16. The quantitative estimate of drug-likeness (QED) is 0.859. The molecule has 2 aromatic rings. The Kier molecular flexibility index (Phi) is 4.93. The highest BCUT2D eigenvalue weighted by molar-refractivity contribution is 6.29. The van der Waals surface area contributed by atoms with Gasteiger partial charge in [0.05, 0.1) is 0 Å². The first kappa shape index (κ1) is 14.8. The minimum absolute atomic E-state index is 0.406. The molecule has 1 unspecified atom stereocenters. The molecule has 2 rings (SSSR count). The molecule has 0 amide bonds. The molecule has 0 aliphatic heterocycles. The van der Waals surface area contributed by atoms with E-state index in [0.29, 0.717) is 17.0 Å². The maximum absolute atomic E-state index is 6.08. The number of halogens is 1. The highest BCUT2D eigenvalue weighted by atomic mass is 35.5. The van der Waals surface area contributed by atoms with Gasteiger partial charge in [-0.15, -0.1) is 0 Å². The van der Waals surface area contributed by atoms with Crippen molar-refractivity contribution in [2.75, 3.05) is 26.0 Å². The zero-order chi connectivity index (χ0) is 14.5. The molecule has 0 radical (unpaired) electrons. The van der Waals surface area contributed by atoms with Gasteiger partial charge in [-0.3, -0.25) is 0 Å². The Morgan fingerprint density at radius 2 is 1.90 bits per heavy atom. The van der Waals surface area contributed by atoms with E-state index >= 15 is 0 Å². The third-order valence-corrected chi connectivity index (χ3v) is 3.38. The summed E-state index contributed by atoms with van der Waals surface area (Å²) in [6.45, 7) is 2.95. The molecular weight excluding hydrogens is 272 g/mol. The van der Waals surface area contributed by atoms with Gasteiger partial charge in [-0.05, 0) is 21.0 Å². The van der Waals surface area contributed by atoms with Crippen molar-refractivity contribution in [1.29, 1.82) is 0 Å². The fourth-order valence-corrected chi connectivity index (χ4v) is 1.84. The summed E-state index contributed by atoms with van der Waals surface area (Å²) >= 11 is 6.08. The van der Waals surface area contributed by atoms with Crippen LogP contribution in [-0.2, 0) is 0 Å². The Balaban J connectivity index is 2.17. The molecule has 0 aliphatic rings. The third-order valence-electron chi connectivity index (χ3n) is 3.19. The number of anilines is 1. The van der Waals surface area contributed by atoms with Crippen molar-refractivity contribution in [3.8, 4) is 11.4 Å². The van der Waals surface area contributed by atoms with Gasteiger partial charge in [-0.2, -0.15) is 0 Å². The van der Waals surface area contributed by atoms with E-state index in [0.717, 1.165) is 17.9 Å². The Labute approximate surface area is 124 Å². The molecule has 1 heterocycles. The van der Waals surface area contributed by atoms with Crippen LogP contribution in [0.4, 0.5) is 5.82 Å². The van der Waals surface area contributed by atoms with Crippen molar-refractivity contribution in [2.24, 2.45) is 0 Å². The summed E-state index contributed by atoms with van der Waals surface area (Å²) < 4.78 is 0. The smallest absolute Gasteiger partial charge is 0.163 e. The number of nitrogens with zero attached hydrogens (tertiary/aromatic N) is 3. The number of hydrogen-bond donors (Lipinski definition) is 1. The fourth-order valence-electron chi connectivity index (χ4n) is 1.66. The average molecular weight is 291 g/mol. The van der Waals surface area contributed by atoms with E-state index in [1.54, 1.807) is 6.07 Å². The number of benzene rings is 1. The van der Waals surface area contributed by atoms with E-state index in [4.69, 9.17) is 11.6 Å². The lowest BCUT2D eigenvalue weighted by molar-refractivity contribution is 0.326. The van der Waals surface area contributed by atoms with E-state index in [1.165, 1.54) is 0 Å². The Bertz CT molecular complexity index is 557. The summed E-state index contributed by atoms with van der Waals surface area (Å²) in [5.41, 5.74) is 0.957. The number of aromatic nitrogens is 2. The molecule has 1 atom stereocenters. The van der Waals surface area contributed by atoms with Crippen molar-refractivity contribution in [2.45, 2.75) is 13.0 Å². The molecule has 0 fully saturated rings. The monoisotopic (exact) mass is 290 g/mol. The van der Waals surface area contributed by atoms with E-state index in [-0.39, 0.29) is 0 Å². The van der Waals surface area contributed by atoms with Gasteiger partial charge in [-0.1, -0.05) is 41.9 Å². The van der Waals surface area contributed by atoms with Gasteiger partial charge in [-0.25, -0.2) is 9.97 Å². The van der Waals surface area contributed by atoms with Gasteiger partial charge in [0.15, 0.2) is 5.82 Å². The molecular formula is C15H19ClN4. The van der Waals surface area contributed by atoms with Crippen LogP contribution in [0.15, 0.2) is 36.4 Å². The molecule has 0 spiro atoms. The van der Waals surface area contributed by atoms with Crippen LogP contribution < -0.4 is 5.32 Å². The average Bonchev–Trinajstić information content (AvgIpc) is 2.45. The first-order valence-electron chi connectivity index (χ1n) is 6.56. The van der Waals surface area contributed by atoms with Crippen LogP contribution in [0.1, 0.15) is 6.92 Å². The highest BCUT2D eigenvalue weighted by Crippen LogP contribution is 2.20. The first-order valence-corrected chi connectivity index (χ1v) is 6.94. The molecule has 5 heteroatoms. The van der Waals surface area contributed by atoms with Crippen molar-refractivity contribution in [1.82, 2.24) is 14.9 Å². The molecule has 20 heavy (non-hydrogen) atoms. The number of likely N-dealkylation sites (N-methyl/N-ethyl adjacent to an activating group) is 1. The molecule has 1 aromatic carbocycles. The molecule has 0 bridgehead atoms. The highest BCUT2D eigenvalue weighted by Gasteiger charge is 2.08. The van der Waals surface area contributed by atoms with Crippen LogP contribution in [0, 0.1) is 0 Å². The Morgan fingerprint density at radius 3 is 2.55 bits per heavy atom. The maximum atomic E-state index is 6.08. The van der Waals surface area contributed by atoms with Gasteiger partial charge < -0.3 is 10.2 Å². The van der Waals surface area contributed by atoms with E-state index in [2.05, 4.69) is 41.2 Å². The second kappa shape index (κ2) is 6.68. The molecule has 0 saturated heterocycles. The third kappa shape index (κ3) is 3.92. The lowest BCUT2D eigenvalue weighted by atomic mass is 10.2. The van der Waals surface area contributed by atoms with Crippen LogP contribution in [-0.4, -0.2) is 41.5 Å². The minimum atomic E-state index is 0.406. The van der Waals surface area contributed by atoms with Crippen LogP contribution in [0.2, 0.25) is 5.15 Å². The minimum Gasteiger partial charge on any atom is -0.368 e. The van der Waals surface area contributed by atoms with Gasteiger partial charge in [0.25, 0.3) is 0 Å². The lowest BCUT2D eigenvalue weighted by Crippen LogP contribution is -2.31. The van der Waals surface area contributed by atoms with Crippen LogP contribution in [0.3, 0.4) is 0 Å². The second-order valence-corrected chi connectivity index (χ2v) is 5.35.